The van der Waals surface area contributed by atoms with Crippen LogP contribution in [0.15, 0.2) is 24.5 Å². The summed E-state index contributed by atoms with van der Waals surface area (Å²) in [6, 6.07) is 5.23. The Bertz CT molecular complexity index is 589. The van der Waals surface area contributed by atoms with Crippen LogP contribution >= 0.6 is 0 Å². The van der Waals surface area contributed by atoms with Crippen molar-refractivity contribution in [3.8, 4) is 0 Å². The highest BCUT2D eigenvalue weighted by Gasteiger charge is 2.08. The van der Waals surface area contributed by atoms with E-state index in [1.807, 2.05) is 17.7 Å². The van der Waals surface area contributed by atoms with Gasteiger partial charge in [0.05, 0.1) is 17.4 Å². The topological polar surface area (TPSA) is 84.2 Å². The van der Waals surface area contributed by atoms with Crippen LogP contribution in [-0.2, 0) is 16.6 Å². The second kappa shape index (κ2) is 4.25. The van der Waals surface area contributed by atoms with Crippen LogP contribution in [0.5, 0.6) is 0 Å². The lowest BCUT2D eigenvalue weighted by atomic mass is 10.2. The summed E-state index contributed by atoms with van der Waals surface area (Å²) in [5.74, 6) is -1.70. The van der Waals surface area contributed by atoms with Gasteiger partial charge in [-0.2, -0.15) is 0 Å². The number of nitrogens with one attached hydrogen (secondary N) is 1. The van der Waals surface area contributed by atoms with Crippen LogP contribution in [0.1, 0.15) is 6.42 Å². The quantitative estimate of drug-likeness (QED) is 0.774. The number of aliphatic carboxylic acids is 1. The zero-order chi connectivity index (χ0) is 12.4. The molecular formula is C11H11N3O3. The number of aryl methyl sites for hydroxylation is 1. The molecule has 0 aliphatic heterocycles. The van der Waals surface area contributed by atoms with Crippen LogP contribution in [0.4, 0.5) is 5.69 Å². The number of rotatable bonds is 3. The van der Waals surface area contributed by atoms with Crippen LogP contribution in [0, 0.1) is 0 Å². The first-order chi connectivity index (χ1) is 8.06. The molecule has 1 heterocycles. The van der Waals surface area contributed by atoms with Gasteiger partial charge in [0.15, 0.2) is 0 Å². The monoisotopic (exact) mass is 233 g/mol. The summed E-state index contributed by atoms with van der Waals surface area (Å²) < 4.78 is 1.86. The molecule has 2 aromatic rings. The molecule has 0 unspecified atom stereocenters. The average molecular weight is 233 g/mol. The number of carbonyl (C=O) groups is 2. The molecule has 0 aliphatic carbocycles. The molecule has 88 valence electrons. The summed E-state index contributed by atoms with van der Waals surface area (Å²) in [5, 5.41) is 11.0. The number of aromatic nitrogens is 2. The Labute approximate surface area is 96.9 Å². The standard InChI is InChI=1S/C11H11N3O3/c1-14-6-12-8-4-7(2-3-9(8)14)13-10(15)5-11(16)17/h2-4,6H,5H2,1H3,(H,13,15)(H,16,17). The number of imidazole rings is 1. The first-order valence-electron chi connectivity index (χ1n) is 4.99. The maximum atomic E-state index is 11.2. The molecule has 0 radical (unpaired) electrons. The molecule has 1 aromatic heterocycles. The normalized spacial score (nSPS) is 10.4. The van der Waals surface area contributed by atoms with E-state index in [0.29, 0.717) is 5.69 Å². The number of carbonyl (C=O) groups excluding carboxylic acids is 1. The Balaban J connectivity index is 2.19. The largest absolute Gasteiger partial charge is 0.481 e. The first kappa shape index (κ1) is 11.1. The molecular weight excluding hydrogens is 222 g/mol. The molecule has 2 N–H and O–H groups in total. The number of fused-ring (bicyclic) bond motifs is 1. The van der Waals surface area contributed by atoms with E-state index in [9.17, 15) is 9.59 Å². The number of carboxylic acids is 1. The number of carboxylic acid groups (broad SMARTS) is 1. The van der Waals surface area contributed by atoms with Crippen molar-refractivity contribution in [2.75, 3.05) is 5.32 Å². The molecule has 1 aromatic carbocycles. The highest BCUT2D eigenvalue weighted by atomic mass is 16.4. The third-order valence-corrected chi connectivity index (χ3v) is 2.32. The molecule has 2 rings (SSSR count). The minimum Gasteiger partial charge on any atom is -0.481 e. The molecule has 0 aliphatic rings. The van der Waals surface area contributed by atoms with E-state index < -0.39 is 18.3 Å². The van der Waals surface area contributed by atoms with Gasteiger partial charge in [0.1, 0.15) is 6.42 Å². The van der Waals surface area contributed by atoms with Crippen molar-refractivity contribution in [3.63, 3.8) is 0 Å². The SMILES string of the molecule is Cn1cnc2cc(NC(=O)CC(=O)O)ccc21. The predicted molar refractivity (Wildman–Crippen MR) is 61.6 cm³/mol. The van der Waals surface area contributed by atoms with E-state index in [0.717, 1.165) is 11.0 Å². The lowest BCUT2D eigenvalue weighted by Crippen LogP contribution is -2.15. The summed E-state index contributed by atoms with van der Waals surface area (Å²) in [6.45, 7) is 0. The second-order valence-corrected chi connectivity index (χ2v) is 3.68. The summed E-state index contributed by atoms with van der Waals surface area (Å²) in [6.07, 6.45) is 1.13. The van der Waals surface area contributed by atoms with Gasteiger partial charge in [-0.3, -0.25) is 9.59 Å². The molecule has 0 saturated carbocycles. The molecule has 0 atom stereocenters. The van der Waals surface area contributed by atoms with Crippen molar-refractivity contribution in [1.82, 2.24) is 9.55 Å². The van der Waals surface area contributed by atoms with Gasteiger partial charge in [0, 0.05) is 12.7 Å². The highest BCUT2D eigenvalue weighted by molar-refractivity contribution is 6.02. The number of hydrogen-bond acceptors (Lipinski definition) is 3. The average Bonchev–Trinajstić information content (AvgIpc) is 2.58. The molecule has 1 amide bonds. The van der Waals surface area contributed by atoms with Crippen molar-refractivity contribution < 1.29 is 14.7 Å². The van der Waals surface area contributed by atoms with Crippen LogP contribution in [0.25, 0.3) is 11.0 Å². The smallest absolute Gasteiger partial charge is 0.312 e. The van der Waals surface area contributed by atoms with E-state index in [-0.39, 0.29) is 0 Å². The fourth-order valence-corrected chi connectivity index (χ4v) is 1.56. The zero-order valence-corrected chi connectivity index (χ0v) is 9.17. The highest BCUT2D eigenvalue weighted by Crippen LogP contribution is 2.17. The van der Waals surface area contributed by atoms with E-state index in [4.69, 9.17) is 5.11 Å². The Kier molecular flexibility index (Phi) is 2.78. The van der Waals surface area contributed by atoms with Crippen molar-refractivity contribution >= 4 is 28.6 Å². The molecule has 0 fully saturated rings. The van der Waals surface area contributed by atoms with Gasteiger partial charge in [-0.1, -0.05) is 0 Å². The number of benzene rings is 1. The van der Waals surface area contributed by atoms with Gasteiger partial charge in [0.25, 0.3) is 0 Å². The molecule has 6 nitrogen and oxygen atoms in total. The molecule has 0 spiro atoms. The van der Waals surface area contributed by atoms with Crippen molar-refractivity contribution in [1.29, 1.82) is 0 Å². The van der Waals surface area contributed by atoms with E-state index in [2.05, 4.69) is 10.3 Å². The van der Waals surface area contributed by atoms with Crippen LogP contribution in [0.2, 0.25) is 0 Å². The van der Waals surface area contributed by atoms with Gasteiger partial charge >= 0.3 is 5.97 Å². The molecule has 0 bridgehead atoms. The summed E-state index contributed by atoms with van der Waals surface area (Å²) in [4.78, 5) is 25.7. The number of nitrogens with zero attached hydrogens (tertiary/aromatic N) is 2. The molecule has 0 saturated heterocycles. The number of hydrogen-bond donors (Lipinski definition) is 2. The van der Waals surface area contributed by atoms with Crippen molar-refractivity contribution in [2.45, 2.75) is 6.42 Å². The van der Waals surface area contributed by atoms with Gasteiger partial charge in [-0.25, -0.2) is 4.98 Å². The first-order valence-corrected chi connectivity index (χ1v) is 4.99. The lowest BCUT2D eigenvalue weighted by Gasteiger charge is -2.03. The number of anilines is 1. The Hall–Kier alpha value is -2.37. The molecule has 6 heteroatoms. The predicted octanol–water partition coefficient (Wildman–Crippen LogP) is 0.986. The van der Waals surface area contributed by atoms with Crippen molar-refractivity contribution in [3.05, 3.63) is 24.5 Å². The van der Waals surface area contributed by atoms with Gasteiger partial charge in [-0.05, 0) is 18.2 Å². The third-order valence-electron chi connectivity index (χ3n) is 2.32. The third kappa shape index (κ3) is 2.41. The zero-order valence-electron chi connectivity index (χ0n) is 9.17. The second-order valence-electron chi connectivity index (χ2n) is 3.68. The van der Waals surface area contributed by atoms with Crippen LogP contribution in [-0.4, -0.2) is 26.5 Å². The van der Waals surface area contributed by atoms with Crippen molar-refractivity contribution in [2.24, 2.45) is 7.05 Å². The fourth-order valence-electron chi connectivity index (χ4n) is 1.56. The van der Waals surface area contributed by atoms with E-state index in [1.54, 1.807) is 18.5 Å². The maximum Gasteiger partial charge on any atom is 0.312 e. The number of amides is 1. The minimum absolute atomic E-state index is 0.541. The summed E-state index contributed by atoms with van der Waals surface area (Å²) >= 11 is 0. The molecule has 17 heavy (non-hydrogen) atoms. The van der Waals surface area contributed by atoms with E-state index in [1.165, 1.54) is 0 Å². The van der Waals surface area contributed by atoms with E-state index >= 15 is 0 Å². The Morgan fingerprint density at radius 1 is 1.47 bits per heavy atom. The Morgan fingerprint density at radius 3 is 2.94 bits per heavy atom. The Morgan fingerprint density at radius 2 is 2.24 bits per heavy atom. The fraction of sp³-hybridized carbons (Fsp3) is 0.182. The van der Waals surface area contributed by atoms with Gasteiger partial charge in [0.2, 0.25) is 5.91 Å². The van der Waals surface area contributed by atoms with Crippen LogP contribution < -0.4 is 5.32 Å². The van der Waals surface area contributed by atoms with Gasteiger partial charge in [-0.15, -0.1) is 0 Å². The summed E-state index contributed by atoms with van der Waals surface area (Å²) in [7, 11) is 1.87. The van der Waals surface area contributed by atoms with Crippen LogP contribution in [0.3, 0.4) is 0 Å². The van der Waals surface area contributed by atoms with Gasteiger partial charge < -0.3 is 15.0 Å². The lowest BCUT2D eigenvalue weighted by molar-refractivity contribution is -0.139. The minimum atomic E-state index is -1.15. The summed E-state index contributed by atoms with van der Waals surface area (Å²) in [5.41, 5.74) is 2.24. The maximum absolute atomic E-state index is 11.2.